The molecule has 0 atom stereocenters. The van der Waals surface area contributed by atoms with Crippen LogP contribution in [-0.2, 0) is 0 Å². The van der Waals surface area contributed by atoms with Crippen LogP contribution in [0.2, 0.25) is 0 Å². The Morgan fingerprint density at radius 3 is 2.76 bits per heavy atom. The molecule has 1 aromatic heterocycles. The summed E-state index contributed by atoms with van der Waals surface area (Å²) in [6, 6.07) is 6.12. The van der Waals surface area contributed by atoms with E-state index in [1.807, 2.05) is 25.1 Å². The molecule has 3 heteroatoms. The molecule has 1 aliphatic heterocycles. The molecule has 0 unspecified atom stereocenters. The number of allylic oxidation sites excluding steroid dienone is 1. The van der Waals surface area contributed by atoms with Gasteiger partial charge >= 0.3 is 0 Å². The van der Waals surface area contributed by atoms with Gasteiger partial charge in [-0.3, -0.25) is 0 Å². The van der Waals surface area contributed by atoms with E-state index >= 15 is 0 Å². The number of hydrogen-bond acceptors (Lipinski definition) is 3. The van der Waals surface area contributed by atoms with Crippen LogP contribution in [0, 0.1) is 24.2 Å². The van der Waals surface area contributed by atoms with Crippen molar-refractivity contribution in [1.82, 2.24) is 4.98 Å². The number of nitrogens with zero attached hydrogens (tertiary/aromatic N) is 3. The predicted molar refractivity (Wildman–Crippen MR) is 68.8 cm³/mol. The molecule has 0 spiro atoms. The van der Waals surface area contributed by atoms with Crippen LogP contribution in [-0.4, -0.2) is 18.1 Å². The first-order chi connectivity index (χ1) is 8.24. The van der Waals surface area contributed by atoms with Crippen LogP contribution < -0.4 is 4.90 Å². The van der Waals surface area contributed by atoms with Gasteiger partial charge in [0.05, 0.1) is 0 Å². The van der Waals surface area contributed by atoms with Gasteiger partial charge in [-0.05, 0) is 37.3 Å². The zero-order valence-corrected chi connectivity index (χ0v) is 10.2. The van der Waals surface area contributed by atoms with Crippen LogP contribution >= 0.6 is 0 Å². The third kappa shape index (κ3) is 2.47. The van der Waals surface area contributed by atoms with Crippen molar-refractivity contribution >= 4 is 5.82 Å². The molecule has 0 saturated carbocycles. The summed E-state index contributed by atoms with van der Waals surface area (Å²) in [7, 11) is 0. The van der Waals surface area contributed by atoms with Gasteiger partial charge < -0.3 is 4.90 Å². The van der Waals surface area contributed by atoms with E-state index in [1.165, 1.54) is 0 Å². The van der Waals surface area contributed by atoms with Crippen LogP contribution in [0.15, 0.2) is 24.8 Å². The fraction of sp³-hybridized carbons (Fsp3) is 0.429. The van der Waals surface area contributed by atoms with Gasteiger partial charge in [-0.2, -0.15) is 5.26 Å². The average molecular weight is 227 g/mol. The van der Waals surface area contributed by atoms with Gasteiger partial charge in [0.1, 0.15) is 17.6 Å². The van der Waals surface area contributed by atoms with Crippen molar-refractivity contribution in [3.8, 4) is 6.07 Å². The van der Waals surface area contributed by atoms with Crippen LogP contribution in [0.5, 0.6) is 0 Å². The molecule has 1 aromatic rings. The van der Waals surface area contributed by atoms with Crippen molar-refractivity contribution in [1.29, 1.82) is 5.26 Å². The van der Waals surface area contributed by atoms with Gasteiger partial charge in [0.25, 0.3) is 0 Å². The number of hydrogen-bond donors (Lipinski definition) is 0. The first kappa shape index (κ1) is 11.7. The van der Waals surface area contributed by atoms with Crippen LogP contribution in [0.3, 0.4) is 0 Å². The number of anilines is 1. The molecule has 0 aliphatic carbocycles. The van der Waals surface area contributed by atoms with Crippen molar-refractivity contribution < 1.29 is 0 Å². The second kappa shape index (κ2) is 5.01. The highest BCUT2D eigenvalue weighted by atomic mass is 15.2. The maximum atomic E-state index is 8.98. The van der Waals surface area contributed by atoms with E-state index in [1.54, 1.807) is 0 Å². The quantitative estimate of drug-likeness (QED) is 0.729. The fourth-order valence-electron chi connectivity index (χ4n) is 2.17. The van der Waals surface area contributed by atoms with Gasteiger partial charge in [-0.25, -0.2) is 4.98 Å². The summed E-state index contributed by atoms with van der Waals surface area (Å²) >= 11 is 0. The summed E-state index contributed by atoms with van der Waals surface area (Å²) in [5.74, 6) is 1.56. The molecule has 88 valence electrons. The van der Waals surface area contributed by atoms with E-state index in [4.69, 9.17) is 5.26 Å². The minimum Gasteiger partial charge on any atom is -0.357 e. The number of aryl methyl sites for hydroxylation is 1. The molecule has 0 radical (unpaired) electrons. The Morgan fingerprint density at radius 2 is 2.18 bits per heavy atom. The van der Waals surface area contributed by atoms with Crippen molar-refractivity contribution in [2.45, 2.75) is 19.8 Å². The van der Waals surface area contributed by atoms with Crippen molar-refractivity contribution in [2.24, 2.45) is 5.92 Å². The number of piperidine rings is 1. The number of aromatic nitrogens is 1. The zero-order valence-electron chi connectivity index (χ0n) is 10.2. The molecular formula is C14H17N3. The van der Waals surface area contributed by atoms with Gasteiger partial charge in [-0.15, -0.1) is 6.58 Å². The first-order valence-electron chi connectivity index (χ1n) is 6.00. The molecule has 2 rings (SSSR count). The Kier molecular flexibility index (Phi) is 3.43. The molecule has 1 aliphatic rings. The molecule has 3 nitrogen and oxygen atoms in total. The van der Waals surface area contributed by atoms with Crippen LogP contribution in [0.25, 0.3) is 0 Å². The normalized spacial score (nSPS) is 16.6. The lowest BCUT2D eigenvalue weighted by molar-refractivity contribution is 0.477. The van der Waals surface area contributed by atoms with E-state index in [2.05, 4.69) is 22.5 Å². The van der Waals surface area contributed by atoms with E-state index in [0.29, 0.717) is 11.6 Å². The third-order valence-electron chi connectivity index (χ3n) is 3.39. The van der Waals surface area contributed by atoms with Gasteiger partial charge in [-0.1, -0.05) is 12.1 Å². The van der Waals surface area contributed by atoms with E-state index < -0.39 is 0 Å². The smallest absolute Gasteiger partial charge is 0.145 e. The number of rotatable bonds is 2. The number of nitriles is 1. The topological polar surface area (TPSA) is 39.9 Å². The molecule has 0 N–H and O–H groups in total. The van der Waals surface area contributed by atoms with E-state index in [9.17, 15) is 0 Å². The third-order valence-corrected chi connectivity index (χ3v) is 3.39. The van der Waals surface area contributed by atoms with E-state index in [-0.39, 0.29) is 0 Å². The Balaban J connectivity index is 2.14. The largest absolute Gasteiger partial charge is 0.357 e. The summed E-state index contributed by atoms with van der Waals surface area (Å²) in [5, 5.41) is 8.98. The Hall–Kier alpha value is -1.82. The number of pyridine rings is 1. The fourth-order valence-corrected chi connectivity index (χ4v) is 2.17. The van der Waals surface area contributed by atoms with Crippen LogP contribution in [0.1, 0.15) is 24.1 Å². The average Bonchev–Trinajstić information content (AvgIpc) is 2.39. The maximum Gasteiger partial charge on any atom is 0.145 e. The van der Waals surface area contributed by atoms with Gasteiger partial charge in [0, 0.05) is 13.1 Å². The second-order valence-electron chi connectivity index (χ2n) is 4.51. The summed E-state index contributed by atoms with van der Waals surface area (Å²) in [4.78, 5) is 6.65. The highest BCUT2D eigenvalue weighted by Gasteiger charge is 2.18. The highest BCUT2D eigenvalue weighted by Crippen LogP contribution is 2.23. The lowest BCUT2D eigenvalue weighted by Gasteiger charge is -2.31. The van der Waals surface area contributed by atoms with Crippen molar-refractivity contribution in [3.05, 3.63) is 36.0 Å². The molecule has 17 heavy (non-hydrogen) atoms. The maximum absolute atomic E-state index is 8.98. The summed E-state index contributed by atoms with van der Waals surface area (Å²) in [5.41, 5.74) is 1.48. The Labute approximate surface area is 102 Å². The minimum absolute atomic E-state index is 0.536. The SMILES string of the molecule is C=CC1CCN(c2ccc(C)c(C#N)n2)CC1. The standard InChI is InChI=1S/C14H17N3/c1-3-12-6-8-17(9-7-12)14-5-4-11(2)13(10-15)16-14/h3-5,12H,1,6-9H2,2H3. The van der Waals surface area contributed by atoms with E-state index in [0.717, 1.165) is 37.3 Å². The predicted octanol–water partition coefficient (Wildman–Crippen LogP) is 2.66. The Morgan fingerprint density at radius 1 is 1.47 bits per heavy atom. The molecule has 2 heterocycles. The van der Waals surface area contributed by atoms with Gasteiger partial charge in [0.2, 0.25) is 0 Å². The summed E-state index contributed by atoms with van der Waals surface area (Å²) in [6.07, 6.45) is 4.29. The highest BCUT2D eigenvalue weighted by molar-refractivity contribution is 5.45. The first-order valence-corrected chi connectivity index (χ1v) is 6.00. The molecular weight excluding hydrogens is 210 g/mol. The lowest BCUT2D eigenvalue weighted by Crippen LogP contribution is -2.33. The molecule has 0 bridgehead atoms. The van der Waals surface area contributed by atoms with Crippen molar-refractivity contribution in [3.63, 3.8) is 0 Å². The molecule has 1 saturated heterocycles. The van der Waals surface area contributed by atoms with Gasteiger partial charge in [0.15, 0.2) is 0 Å². The summed E-state index contributed by atoms with van der Waals surface area (Å²) < 4.78 is 0. The molecule has 0 amide bonds. The second-order valence-corrected chi connectivity index (χ2v) is 4.51. The van der Waals surface area contributed by atoms with Crippen LogP contribution in [0.4, 0.5) is 5.82 Å². The zero-order chi connectivity index (χ0) is 12.3. The Bertz CT molecular complexity index is 451. The lowest BCUT2D eigenvalue weighted by atomic mass is 9.97. The van der Waals surface area contributed by atoms with Crippen molar-refractivity contribution in [2.75, 3.05) is 18.0 Å². The molecule has 0 aromatic carbocycles. The molecule has 1 fully saturated rings. The minimum atomic E-state index is 0.536. The summed E-state index contributed by atoms with van der Waals surface area (Å²) in [6.45, 7) is 7.76. The monoisotopic (exact) mass is 227 g/mol.